The highest BCUT2D eigenvalue weighted by atomic mass is 15.3. The molecule has 1 saturated carbocycles. The molecular weight excluding hydrogens is 226 g/mol. The number of aromatic nitrogens is 3. The van der Waals surface area contributed by atoms with Crippen LogP contribution >= 0.6 is 0 Å². The zero-order chi connectivity index (χ0) is 12.4. The first-order chi connectivity index (χ1) is 8.85. The van der Waals surface area contributed by atoms with Gasteiger partial charge in [0.15, 0.2) is 0 Å². The summed E-state index contributed by atoms with van der Waals surface area (Å²) in [5.74, 6) is 7.48. The molecule has 2 aromatic heterocycles. The molecule has 2 heterocycles. The van der Waals surface area contributed by atoms with E-state index in [2.05, 4.69) is 20.4 Å². The number of hydrogen-bond acceptors (Lipinski definition) is 5. The van der Waals surface area contributed by atoms with Crippen LogP contribution in [-0.2, 0) is 6.42 Å². The summed E-state index contributed by atoms with van der Waals surface area (Å²) in [5, 5.41) is 0. The molecule has 3 rings (SSSR count). The van der Waals surface area contributed by atoms with E-state index in [1.165, 1.54) is 12.8 Å². The maximum Gasteiger partial charge on any atom is 0.143 e. The summed E-state index contributed by atoms with van der Waals surface area (Å²) in [7, 11) is 0. The van der Waals surface area contributed by atoms with Gasteiger partial charge in [-0.2, -0.15) is 0 Å². The number of nitrogens with one attached hydrogen (secondary N) is 1. The Morgan fingerprint density at radius 2 is 2.17 bits per heavy atom. The SMILES string of the molecule is NNc1cc(C2CC2)nc(Cc2ccccn2)n1. The van der Waals surface area contributed by atoms with Crippen LogP contribution in [0.5, 0.6) is 0 Å². The van der Waals surface area contributed by atoms with Crippen LogP contribution in [0.1, 0.15) is 36.0 Å². The third kappa shape index (κ3) is 2.46. The lowest BCUT2D eigenvalue weighted by atomic mass is 10.2. The van der Waals surface area contributed by atoms with Crippen LogP contribution in [0.4, 0.5) is 5.82 Å². The summed E-state index contributed by atoms with van der Waals surface area (Å²) < 4.78 is 0. The molecule has 1 fully saturated rings. The molecule has 2 aromatic rings. The topological polar surface area (TPSA) is 76.7 Å². The van der Waals surface area contributed by atoms with Crippen LogP contribution < -0.4 is 11.3 Å². The van der Waals surface area contributed by atoms with E-state index >= 15 is 0 Å². The van der Waals surface area contributed by atoms with E-state index in [-0.39, 0.29) is 0 Å². The zero-order valence-corrected chi connectivity index (χ0v) is 10.0. The Morgan fingerprint density at radius 3 is 2.83 bits per heavy atom. The first-order valence-electron chi connectivity index (χ1n) is 6.09. The average molecular weight is 241 g/mol. The van der Waals surface area contributed by atoms with Crippen molar-refractivity contribution in [2.75, 3.05) is 5.43 Å². The molecule has 0 saturated heterocycles. The molecule has 0 spiro atoms. The number of nitrogen functional groups attached to an aromatic ring is 1. The lowest BCUT2D eigenvalue weighted by molar-refractivity contribution is 0.883. The van der Waals surface area contributed by atoms with Crippen molar-refractivity contribution < 1.29 is 0 Å². The fraction of sp³-hybridized carbons (Fsp3) is 0.308. The molecule has 3 N–H and O–H groups in total. The van der Waals surface area contributed by atoms with Gasteiger partial charge in [0.05, 0.1) is 6.42 Å². The van der Waals surface area contributed by atoms with Gasteiger partial charge in [-0.1, -0.05) is 6.07 Å². The molecule has 5 heteroatoms. The second kappa shape index (κ2) is 4.70. The Balaban J connectivity index is 1.88. The summed E-state index contributed by atoms with van der Waals surface area (Å²) in [4.78, 5) is 13.3. The van der Waals surface area contributed by atoms with E-state index in [9.17, 15) is 0 Å². The van der Waals surface area contributed by atoms with Gasteiger partial charge in [0.1, 0.15) is 11.6 Å². The van der Waals surface area contributed by atoms with Gasteiger partial charge in [-0.15, -0.1) is 0 Å². The van der Waals surface area contributed by atoms with Crippen LogP contribution in [0.15, 0.2) is 30.5 Å². The van der Waals surface area contributed by atoms with Crippen LogP contribution in [0, 0.1) is 0 Å². The smallest absolute Gasteiger partial charge is 0.143 e. The second-order valence-corrected chi connectivity index (χ2v) is 4.51. The molecule has 0 bridgehead atoms. The molecular formula is C13H15N5. The molecule has 18 heavy (non-hydrogen) atoms. The van der Waals surface area contributed by atoms with Crippen molar-refractivity contribution in [2.24, 2.45) is 5.84 Å². The van der Waals surface area contributed by atoms with Crippen molar-refractivity contribution in [2.45, 2.75) is 25.2 Å². The number of anilines is 1. The fourth-order valence-electron chi connectivity index (χ4n) is 1.92. The summed E-state index contributed by atoms with van der Waals surface area (Å²) in [6.45, 7) is 0. The van der Waals surface area contributed by atoms with Crippen LogP contribution in [-0.4, -0.2) is 15.0 Å². The normalized spacial score (nSPS) is 14.5. The van der Waals surface area contributed by atoms with E-state index in [4.69, 9.17) is 5.84 Å². The summed E-state index contributed by atoms with van der Waals surface area (Å²) >= 11 is 0. The number of hydrazine groups is 1. The molecule has 0 aromatic carbocycles. The lowest BCUT2D eigenvalue weighted by Gasteiger charge is -2.06. The van der Waals surface area contributed by atoms with Crippen molar-refractivity contribution in [3.63, 3.8) is 0 Å². The maximum atomic E-state index is 5.45. The lowest BCUT2D eigenvalue weighted by Crippen LogP contribution is -2.12. The molecule has 1 aliphatic rings. The number of pyridine rings is 1. The molecule has 5 nitrogen and oxygen atoms in total. The van der Waals surface area contributed by atoms with Crippen LogP contribution in [0.25, 0.3) is 0 Å². The average Bonchev–Trinajstić information content (AvgIpc) is 3.24. The first kappa shape index (κ1) is 11.1. The van der Waals surface area contributed by atoms with Crippen molar-refractivity contribution in [1.82, 2.24) is 15.0 Å². The van der Waals surface area contributed by atoms with Gasteiger partial charge in [0.2, 0.25) is 0 Å². The highest BCUT2D eigenvalue weighted by molar-refractivity contribution is 5.37. The Kier molecular flexibility index (Phi) is 2.90. The van der Waals surface area contributed by atoms with Gasteiger partial charge in [0.25, 0.3) is 0 Å². The summed E-state index contributed by atoms with van der Waals surface area (Å²) in [6.07, 6.45) is 4.84. The van der Waals surface area contributed by atoms with Gasteiger partial charge < -0.3 is 5.43 Å². The molecule has 0 radical (unpaired) electrons. The number of hydrogen-bond donors (Lipinski definition) is 2. The highest BCUT2D eigenvalue weighted by Crippen LogP contribution is 2.39. The monoisotopic (exact) mass is 241 g/mol. The zero-order valence-electron chi connectivity index (χ0n) is 10.0. The molecule has 0 unspecified atom stereocenters. The standard InChI is InChI=1S/C13H15N5/c14-18-13-8-11(9-4-5-9)16-12(17-13)7-10-3-1-2-6-15-10/h1-3,6,8-9H,4-5,7,14H2,(H,16,17,18). The molecule has 1 aliphatic carbocycles. The third-order valence-corrected chi connectivity index (χ3v) is 3.00. The molecule has 0 aliphatic heterocycles. The highest BCUT2D eigenvalue weighted by Gasteiger charge is 2.26. The van der Waals surface area contributed by atoms with E-state index in [1.54, 1.807) is 6.20 Å². The summed E-state index contributed by atoms with van der Waals surface area (Å²) in [6, 6.07) is 7.77. The number of nitrogens with two attached hydrogens (primary N) is 1. The Hall–Kier alpha value is -2.01. The van der Waals surface area contributed by atoms with Gasteiger partial charge >= 0.3 is 0 Å². The first-order valence-corrected chi connectivity index (χ1v) is 6.09. The minimum absolute atomic E-state index is 0.586. The van der Waals surface area contributed by atoms with Crippen LogP contribution in [0.2, 0.25) is 0 Å². The van der Waals surface area contributed by atoms with Crippen molar-refractivity contribution in [3.05, 3.63) is 47.7 Å². The van der Waals surface area contributed by atoms with Gasteiger partial charge in [-0.05, 0) is 25.0 Å². The largest absolute Gasteiger partial charge is 0.308 e. The molecule has 0 amide bonds. The quantitative estimate of drug-likeness (QED) is 0.628. The van der Waals surface area contributed by atoms with E-state index < -0.39 is 0 Å². The second-order valence-electron chi connectivity index (χ2n) is 4.51. The Labute approximate surface area is 105 Å². The van der Waals surface area contributed by atoms with Crippen molar-refractivity contribution in [3.8, 4) is 0 Å². The van der Waals surface area contributed by atoms with Gasteiger partial charge in [0, 0.05) is 29.6 Å². The van der Waals surface area contributed by atoms with Crippen molar-refractivity contribution >= 4 is 5.82 Å². The maximum absolute atomic E-state index is 5.45. The summed E-state index contributed by atoms with van der Waals surface area (Å²) in [5.41, 5.74) is 4.66. The Bertz CT molecular complexity index is 536. The number of rotatable bonds is 4. The predicted octanol–water partition coefficient (Wildman–Crippen LogP) is 1.63. The van der Waals surface area contributed by atoms with E-state index in [1.807, 2.05) is 24.3 Å². The predicted molar refractivity (Wildman–Crippen MR) is 68.9 cm³/mol. The minimum Gasteiger partial charge on any atom is -0.308 e. The third-order valence-electron chi connectivity index (χ3n) is 3.00. The van der Waals surface area contributed by atoms with Gasteiger partial charge in [-0.25, -0.2) is 15.8 Å². The molecule has 0 atom stereocenters. The number of nitrogens with zero attached hydrogens (tertiary/aromatic N) is 3. The van der Waals surface area contributed by atoms with E-state index in [0.29, 0.717) is 18.2 Å². The minimum atomic E-state index is 0.586. The van der Waals surface area contributed by atoms with Crippen molar-refractivity contribution in [1.29, 1.82) is 0 Å². The fourth-order valence-corrected chi connectivity index (χ4v) is 1.92. The van der Waals surface area contributed by atoms with E-state index in [0.717, 1.165) is 17.2 Å². The van der Waals surface area contributed by atoms with Gasteiger partial charge in [-0.3, -0.25) is 4.98 Å². The van der Waals surface area contributed by atoms with Crippen LogP contribution in [0.3, 0.4) is 0 Å². The Morgan fingerprint density at radius 1 is 1.28 bits per heavy atom. The molecule has 92 valence electrons.